The second kappa shape index (κ2) is 9.46. The minimum Gasteiger partial charge on any atom is -0.383 e. The number of methoxy groups -OCH3 is 1. The Morgan fingerprint density at radius 1 is 1.14 bits per heavy atom. The molecule has 0 radical (unpaired) electrons. The summed E-state index contributed by atoms with van der Waals surface area (Å²) in [5.41, 5.74) is 3.07. The molecule has 2 amide bonds. The van der Waals surface area contributed by atoms with Crippen LogP contribution in [0.1, 0.15) is 50.9 Å². The number of amides is 2. The van der Waals surface area contributed by atoms with Crippen LogP contribution < -0.4 is 5.32 Å². The summed E-state index contributed by atoms with van der Waals surface area (Å²) in [4.78, 5) is 31.8. The number of carbonyl (C=O) groups is 2. The second-order valence-electron chi connectivity index (χ2n) is 7.07. The number of benzene rings is 1. The van der Waals surface area contributed by atoms with Crippen LogP contribution in [0.5, 0.6) is 0 Å². The van der Waals surface area contributed by atoms with Crippen molar-refractivity contribution in [2.24, 2.45) is 0 Å². The van der Waals surface area contributed by atoms with Gasteiger partial charge >= 0.3 is 0 Å². The zero-order valence-corrected chi connectivity index (χ0v) is 16.5. The van der Waals surface area contributed by atoms with E-state index in [0.29, 0.717) is 37.4 Å². The van der Waals surface area contributed by atoms with Crippen molar-refractivity contribution >= 4 is 11.8 Å². The average Bonchev–Trinajstić information content (AvgIpc) is 2.74. The van der Waals surface area contributed by atoms with Crippen molar-refractivity contribution in [3.63, 3.8) is 0 Å². The highest BCUT2D eigenvalue weighted by molar-refractivity contribution is 5.95. The van der Waals surface area contributed by atoms with E-state index in [9.17, 15) is 9.59 Å². The molecule has 0 atom stereocenters. The van der Waals surface area contributed by atoms with E-state index in [1.54, 1.807) is 7.11 Å². The highest BCUT2D eigenvalue weighted by Crippen LogP contribution is 2.30. The smallest absolute Gasteiger partial charge is 0.253 e. The van der Waals surface area contributed by atoms with Gasteiger partial charge in [0.25, 0.3) is 11.8 Å². The standard InChI is InChI=1S/C22H27N3O3/c1-16-8-9-19(21(26)23-12-15-28-2)20(24-16)17-10-13-25(14-11-17)22(27)18-6-4-3-5-7-18/h3-9,17H,10-15H2,1-2H3,(H,23,26). The number of ether oxygens (including phenoxy) is 1. The van der Waals surface area contributed by atoms with Crippen LogP contribution in [0.25, 0.3) is 0 Å². The van der Waals surface area contributed by atoms with Gasteiger partial charge in [-0.2, -0.15) is 0 Å². The van der Waals surface area contributed by atoms with E-state index >= 15 is 0 Å². The van der Waals surface area contributed by atoms with Crippen LogP contribution in [-0.4, -0.2) is 55.0 Å². The zero-order valence-electron chi connectivity index (χ0n) is 16.5. The Balaban J connectivity index is 1.69. The Bertz CT molecular complexity index is 815. The van der Waals surface area contributed by atoms with Crippen LogP contribution in [0.4, 0.5) is 0 Å². The summed E-state index contributed by atoms with van der Waals surface area (Å²) in [7, 11) is 1.61. The third-order valence-corrected chi connectivity index (χ3v) is 5.09. The van der Waals surface area contributed by atoms with E-state index in [1.165, 1.54) is 0 Å². The molecule has 0 aliphatic carbocycles. The SMILES string of the molecule is COCCNC(=O)c1ccc(C)nc1C1CCN(C(=O)c2ccccc2)CC1. The molecule has 28 heavy (non-hydrogen) atoms. The summed E-state index contributed by atoms with van der Waals surface area (Å²) in [6.45, 7) is 4.20. The number of hydrogen-bond donors (Lipinski definition) is 1. The largest absolute Gasteiger partial charge is 0.383 e. The lowest BCUT2D eigenvalue weighted by molar-refractivity contribution is 0.0710. The van der Waals surface area contributed by atoms with E-state index in [2.05, 4.69) is 10.3 Å². The zero-order chi connectivity index (χ0) is 19.9. The lowest BCUT2D eigenvalue weighted by Gasteiger charge is -2.32. The molecule has 6 nitrogen and oxygen atoms in total. The van der Waals surface area contributed by atoms with Gasteiger partial charge in [-0.15, -0.1) is 0 Å². The maximum absolute atomic E-state index is 12.7. The van der Waals surface area contributed by atoms with E-state index < -0.39 is 0 Å². The van der Waals surface area contributed by atoms with Gasteiger partial charge in [0.1, 0.15) is 0 Å². The highest BCUT2D eigenvalue weighted by atomic mass is 16.5. The topological polar surface area (TPSA) is 71.5 Å². The van der Waals surface area contributed by atoms with Crippen molar-refractivity contribution < 1.29 is 14.3 Å². The molecule has 6 heteroatoms. The Labute approximate surface area is 165 Å². The number of hydrogen-bond acceptors (Lipinski definition) is 4. The molecule has 148 valence electrons. The summed E-state index contributed by atoms with van der Waals surface area (Å²) in [5.74, 6) is 0.110. The summed E-state index contributed by atoms with van der Waals surface area (Å²) in [5, 5.41) is 2.88. The molecular formula is C22H27N3O3. The Morgan fingerprint density at radius 3 is 2.54 bits per heavy atom. The number of nitrogens with zero attached hydrogens (tertiary/aromatic N) is 2. The minimum atomic E-state index is -0.123. The first kappa shape index (κ1) is 20.0. The molecular weight excluding hydrogens is 354 g/mol. The van der Waals surface area contributed by atoms with E-state index in [0.717, 1.165) is 24.2 Å². The van der Waals surface area contributed by atoms with Crippen molar-refractivity contribution in [1.29, 1.82) is 0 Å². The normalized spacial score (nSPS) is 14.7. The lowest BCUT2D eigenvalue weighted by atomic mass is 9.89. The quantitative estimate of drug-likeness (QED) is 0.781. The third kappa shape index (κ3) is 4.75. The second-order valence-corrected chi connectivity index (χ2v) is 7.07. The van der Waals surface area contributed by atoms with Gasteiger partial charge in [0.15, 0.2) is 0 Å². The van der Waals surface area contributed by atoms with Gasteiger partial charge in [-0.3, -0.25) is 14.6 Å². The van der Waals surface area contributed by atoms with Gasteiger partial charge in [0.2, 0.25) is 0 Å². The number of rotatable bonds is 6. The fraction of sp³-hybridized carbons (Fsp3) is 0.409. The maximum atomic E-state index is 12.7. The average molecular weight is 381 g/mol. The summed E-state index contributed by atoms with van der Waals surface area (Å²) < 4.78 is 5.00. The monoisotopic (exact) mass is 381 g/mol. The summed E-state index contributed by atoms with van der Waals surface area (Å²) in [6.07, 6.45) is 1.60. The fourth-order valence-corrected chi connectivity index (χ4v) is 3.56. The van der Waals surface area contributed by atoms with Gasteiger partial charge in [-0.1, -0.05) is 18.2 Å². The number of aryl methyl sites for hydroxylation is 1. The number of likely N-dealkylation sites (tertiary alicyclic amines) is 1. The van der Waals surface area contributed by atoms with Gasteiger partial charge in [0.05, 0.1) is 17.9 Å². The highest BCUT2D eigenvalue weighted by Gasteiger charge is 2.28. The van der Waals surface area contributed by atoms with Crippen LogP contribution >= 0.6 is 0 Å². The van der Waals surface area contributed by atoms with E-state index in [1.807, 2.05) is 54.3 Å². The number of carbonyl (C=O) groups excluding carboxylic acids is 2. The molecule has 0 bridgehead atoms. The predicted molar refractivity (Wildman–Crippen MR) is 108 cm³/mol. The van der Waals surface area contributed by atoms with Crippen LogP contribution in [0.15, 0.2) is 42.5 Å². The molecule has 3 rings (SSSR count). The first-order chi connectivity index (χ1) is 13.6. The molecule has 1 aliphatic heterocycles. The predicted octanol–water partition coefficient (Wildman–Crippen LogP) is 2.79. The van der Waals surface area contributed by atoms with Crippen molar-refractivity contribution in [1.82, 2.24) is 15.2 Å². The molecule has 1 saturated heterocycles. The first-order valence-corrected chi connectivity index (χ1v) is 9.69. The number of nitrogens with one attached hydrogen (secondary N) is 1. The van der Waals surface area contributed by atoms with E-state index in [-0.39, 0.29) is 17.7 Å². The van der Waals surface area contributed by atoms with E-state index in [4.69, 9.17) is 4.74 Å². The molecule has 0 saturated carbocycles. The lowest BCUT2D eigenvalue weighted by Crippen LogP contribution is -2.38. The molecule has 2 aromatic rings. The van der Waals surface area contributed by atoms with Gasteiger partial charge in [-0.05, 0) is 44.0 Å². The molecule has 1 aromatic heterocycles. The molecule has 0 spiro atoms. The Kier molecular flexibility index (Phi) is 6.76. The molecule has 2 heterocycles. The van der Waals surface area contributed by atoms with Crippen LogP contribution in [0.3, 0.4) is 0 Å². The van der Waals surface area contributed by atoms with Crippen molar-refractivity contribution in [2.45, 2.75) is 25.7 Å². The van der Waals surface area contributed by atoms with Crippen molar-refractivity contribution in [3.8, 4) is 0 Å². The molecule has 1 aromatic carbocycles. The third-order valence-electron chi connectivity index (χ3n) is 5.09. The van der Waals surface area contributed by atoms with Crippen LogP contribution in [-0.2, 0) is 4.74 Å². The fourth-order valence-electron chi connectivity index (χ4n) is 3.56. The van der Waals surface area contributed by atoms with Crippen molar-refractivity contribution in [2.75, 3.05) is 33.4 Å². The molecule has 1 aliphatic rings. The van der Waals surface area contributed by atoms with Gasteiger partial charge < -0.3 is 15.0 Å². The number of aromatic nitrogens is 1. The van der Waals surface area contributed by atoms with Crippen molar-refractivity contribution in [3.05, 3.63) is 65.0 Å². The summed E-state index contributed by atoms with van der Waals surface area (Å²) in [6, 6.07) is 13.1. The summed E-state index contributed by atoms with van der Waals surface area (Å²) >= 11 is 0. The molecule has 0 unspecified atom stereocenters. The van der Waals surface area contributed by atoms with Gasteiger partial charge in [0, 0.05) is 43.9 Å². The number of piperidine rings is 1. The molecule has 1 fully saturated rings. The van der Waals surface area contributed by atoms with Gasteiger partial charge in [-0.25, -0.2) is 0 Å². The Morgan fingerprint density at radius 2 is 1.86 bits per heavy atom. The minimum absolute atomic E-state index is 0.0637. The number of pyridine rings is 1. The maximum Gasteiger partial charge on any atom is 0.253 e. The Hall–Kier alpha value is -2.73. The first-order valence-electron chi connectivity index (χ1n) is 9.69. The molecule has 1 N–H and O–H groups in total. The van der Waals surface area contributed by atoms with Crippen LogP contribution in [0.2, 0.25) is 0 Å². The van der Waals surface area contributed by atoms with Crippen LogP contribution in [0, 0.1) is 6.92 Å².